The van der Waals surface area contributed by atoms with Gasteiger partial charge in [0.1, 0.15) is 12.6 Å². The molecule has 0 saturated carbocycles. The molecule has 0 spiro atoms. The summed E-state index contributed by atoms with van der Waals surface area (Å²) in [6, 6.07) is 19.3. The van der Waals surface area contributed by atoms with Gasteiger partial charge >= 0.3 is 23.9 Å². The zero-order valence-electron chi connectivity index (χ0n) is 53.3. The number of hydrogen-bond acceptors (Lipinski definition) is 20. The summed E-state index contributed by atoms with van der Waals surface area (Å²) in [5.74, 6) is -7.93. The average molecular weight is 1320 g/mol. The van der Waals surface area contributed by atoms with E-state index in [9.17, 15) is 53.7 Å². The van der Waals surface area contributed by atoms with Crippen LogP contribution in [0.15, 0.2) is 90.4 Å². The molecule has 29 heteroatoms. The Balaban J connectivity index is 0.811. The predicted molar refractivity (Wildman–Crippen MR) is 354 cm³/mol. The summed E-state index contributed by atoms with van der Waals surface area (Å²) in [4.78, 5) is 141. The SMILES string of the molecule is C=Cc1c(C)c2cc3nc(c(CC(=O)NCCOCCOCCNC(=O)COC(NC(=O)c4ccc(NCc5cnc6nc(N)[nH]c(=O)c6n5)cc4)C(=O)O)c4nc(cc5[nH]c(cc1[nH]2)c(C)c5CC)C(C)=C4C(=O)O)[C@@H](CCC(=O)ON[C@@H](Cc1ccccc1)C(=O)O)C3C. The third kappa shape index (κ3) is 17.0. The van der Waals surface area contributed by atoms with Crippen molar-refractivity contribution in [2.75, 3.05) is 57.2 Å². The Kier molecular flexibility index (Phi) is 22.9. The van der Waals surface area contributed by atoms with E-state index in [1.54, 1.807) is 61.5 Å². The second kappa shape index (κ2) is 31.7. The Morgan fingerprint density at radius 2 is 1.48 bits per heavy atom. The molecular weight excluding hydrogens is 1240 g/mol. The minimum absolute atomic E-state index is 0.0134. The highest BCUT2D eigenvalue weighted by molar-refractivity contribution is 6.24. The van der Waals surface area contributed by atoms with Crippen molar-refractivity contribution < 1.29 is 67.9 Å². The van der Waals surface area contributed by atoms with Gasteiger partial charge in [-0.05, 0) is 104 Å². The molecule has 7 heterocycles. The predicted octanol–water partition coefficient (Wildman–Crippen LogP) is 5.45. The third-order valence-electron chi connectivity index (χ3n) is 16.3. The molecule has 96 heavy (non-hydrogen) atoms. The second-order valence-corrected chi connectivity index (χ2v) is 22.7. The van der Waals surface area contributed by atoms with Crippen LogP contribution in [0.5, 0.6) is 0 Å². The van der Waals surface area contributed by atoms with Crippen molar-refractivity contribution in [3.8, 4) is 0 Å². The number of nitrogen functional groups attached to an aromatic ring is 1. The van der Waals surface area contributed by atoms with Gasteiger partial charge in [0.05, 0.1) is 73.9 Å². The topological polar surface area (TPSA) is 432 Å². The molecule has 0 fully saturated rings. The molecule has 2 aromatic carbocycles. The summed E-state index contributed by atoms with van der Waals surface area (Å²) in [5.41, 5.74) is 17.9. The van der Waals surface area contributed by atoms with Crippen molar-refractivity contribution in [3.05, 3.63) is 163 Å². The number of carbonyl (C=O) groups is 7. The van der Waals surface area contributed by atoms with Gasteiger partial charge in [-0.15, -0.1) is 5.48 Å². The van der Waals surface area contributed by atoms with Crippen molar-refractivity contribution >= 4 is 104 Å². The fourth-order valence-corrected chi connectivity index (χ4v) is 11.2. The summed E-state index contributed by atoms with van der Waals surface area (Å²) < 4.78 is 16.5. The van der Waals surface area contributed by atoms with Crippen LogP contribution in [0.4, 0.5) is 11.6 Å². The first-order chi connectivity index (χ1) is 46.1. The van der Waals surface area contributed by atoms with Gasteiger partial charge < -0.3 is 71.3 Å². The number of aliphatic carboxylic acids is 3. The van der Waals surface area contributed by atoms with Gasteiger partial charge in [0.2, 0.25) is 24.0 Å². The molecule has 29 nitrogen and oxygen atoms in total. The number of aromatic amines is 3. The van der Waals surface area contributed by atoms with Crippen LogP contribution in [0.2, 0.25) is 0 Å². The van der Waals surface area contributed by atoms with Crippen LogP contribution in [0.25, 0.3) is 50.5 Å². The van der Waals surface area contributed by atoms with Gasteiger partial charge in [0.25, 0.3) is 11.5 Å². The number of aryl methyl sites for hydroxylation is 3. The van der Waals surface area contributed by atoms with Crippen molar-refractivity contribution in [1.29, 1.82) is 0 Å². The van der Waals surface area contributed by atoms with E-state index in [-0.39, 0.29) is 105 Å². The van der Waals surface area contributed by atoms with Gasteiger partial charge in [-0.2, -0.15) is 4.98 Å². The number of fused-ring (bicyclic) bond motifs is 9. The number of carboxylic acids is 3. The van der Waals surface area contributed by atoms with Crippen LogP contribution in [0.3, 0.4) is 0 Å². The Bertz CT molecular complexity index is 4390. The quantitative estimate of drug-likeness (QED) is 0.0146. The van der Waals surface area contributed by atoms with Gasteiger partial charge in [-0.3, -0.25) is 38.7 Å². The monoisotopic (exact) mass is 1310 g/mol. The zero-order chi connectivity index (χ0) is 68.7. The highest BCUT2D eigenvalue weighted by atomic mass is 16.7. The highest BCUT2D eigenvalue weighted by Crippen LogP contribution is 2.44. The smallest absolute Gasteiger partial charge is 0.354 e. The van der Waals surface area contributed by atoms with Crippen molar-refractivity contribution in [2.45, 2.75) is 97.4 Å². The molecule has 5 aromatic heterocycles. The van der Waals surface area contributed by atoms with E-state index in [0.29, 0.717) is 46.0 Å². The number of carbonyl (C=O) groups excluding carboxylic acids is 4. The zero-order valence-corrected chi connectivity index (χ0v) is 53.3. The van der Waals surface area contributed by atoms with E-state index >= 15 is 0 Å². The molecule has 9 rings (SSSR count). The fourth-order valence-electron chi connectivity index (χ4n) is 11.2. The van der Waals surface area contributed by atoms with Crippen LogP contribution < -0.4 is 38.0 Å². The van der Waals surface area contributed by atoms with Crippen LogP contribution in [-0.4, -0.2) is 155 Å². The first-order valence-electron chi connectivity index (χ1n) is 30.9. The number of H-pyrrole nitrogens is 3. The first kappa shape index (κ1) is 69.3. The summed E-state index contributed by atoms with van der Waals surface area (Å²) >= 11 is 0. The fraction of sp³-hybridized carbons (Fsp3) is 0.328. The molecule has 2 aliphatic rings. The standard InChI is InChI=1S/C67H74N14O15/c1-7-42-34(3)46-28-48-36(5)44(18-19-55(84)96-81-52(64(87)88)26-38-12-10-9-11-13-38)57(76-48)45(58-56(65(89)90)37(6)49(77-58)30-51-43(8-2)35(4)47(75-51)29-50(42)74-46)27-53(82)69-20-22-93-24-25-94-23-21-70-54(83)33-95-63(66(91)92)79-61(85)39-14-16-40(17-15-39)71-31-41-32-72-60-59(73-41)62(86)80-67(68)78-60/h7,9-17,28-30,32,36,44,52,63,71,74-75,81H,1,8,18-27,31,33H2,2-6H3,(H,69,82)(H,70,83)(H,79,85)(H,87,88)(H,89,90)(H,91,92)(H3,68,72,78,80,86)/t36?,44-,52-,63?/m0/s1. The van der Waals surface area contributed by atoms with E-state index in [2.05, 4.69) is 63.2 Å². The molecule has 0 radical (unpaired) electrons. The van der Waals surface area contributed by atoms with E-state index < -0.39 is 84.3 Å². The number of carboxylic acid groups (broad SMARTS) is 3. The Morgan fingerprint density at radius 1 is 0.781 bits per heavy atom. The number of rotatable bonds is 31. The Labute approximate surface area is 548 Å². The van der Waals surface area contributed by atoms with Gasteiger partial charge in [-0.25, -0.2) is 24.5 Å². The Hall–Kier alpha value is -11.0. The van der Waals surface area contributed by atoms with Crippen LogP contribution in [-0.2, 0) is 73.6 Å². The minimum atomic E-state index is -1.87. The molecule has 2 unspecified atom stereocenters. The lowest BCUT2D eigenvalue weighted by molar-refractivity contribution is -0.158. The van der Waals surface area contributed by atoms with E-state index in [0.717, 1.165) is 44.3 Å². The maximum absolute atomic E-state index is 14.3. The number of amides is 3. The van der Waals surface area contributed by atoms with Gasteiger partial charge in [0.15, 0.2) is 11.2 Å². The van der Waals surface area contributed by atoms with Gasteiger partial charge in [-0.1, -0.05) is 56.8 Å². The maximum atomic E-state index is 14.3. The molecule has 0 aliphatic carbocycles. The summed E-state index contributed by atoms with van der Waals surface area (Å²) in [5, 5.41) is 41.4. The normalized spacial score (nSPS) is 14.2. The van der Waals surface area contributed by atoms with Crippen molar-refractivity contribution in [2.24, 2.45) is 0 Å². The van der Waals surface area contributed by atoms with Crippen molar-refractivity contribution in [3.63, 3.8) is 0 Å². The largest absolute Gasteiger partial charge is 0.480 e. The van der Waals surface area contributed by atoms with Gasteiger partial charge in [0, 0.05) is 87.9 Å². The number of nitrogens with one attached hydrogen (secondary N) is 8. The van der Waals surface area contributed by atoms with E-state index in [1.165, 1.54) is 18.3 Å². The number of nitrogens with two attached hydrogens (primary N) is 1. The molecule has 502 valence electrons. The number of hydrogen-bond donors (Lipinski definition) is 12. The average Bonchev–Trinajstić information content (AvgIpc) is 1.60. The van der Waals surface area contributed by atoms with E-state index in [1.807, 2.05) is 39.8 Å². The summed E-state index contributed by atoms with van der Waals surface area (Å²) in [6.07, 6.45) is 1.49. The second-order valence-electron chi connectivity index (χ2n) is 22.7. The summed E-state index contributed by atoms with van der Waals surface area (Å²) in [6.45, 7) is 13.4. The third-order valence-corrected chi connectivity index (χ3v) is 16.3. The number of anilines is 2. The highest BCUT2D eigenvalue weighted by Gasteiger charge is 2.36. The summed E-state index contributed by atoms with van der Waals surface area (Å²) in [7, 11) is 0. The van der Waals surface area contributed by atoms with Crippen molar-refractivity contribution in [1.82, 2.24) is 61.3 Å². The van der Waals surface area contributed by atoms with Crippen LogP contribution in [0, 0.1) is 13.8 Å². The number of hydroxylamine groups is 1. The minimum Gasteiger partial charge on any atom is -0.480 e. The Morgan fingerprint density at radius 3 is 2.16 bits per heavy atom. The molecule has 2 aliphatic heterocycles. The maximum Gasteiger partial charge on any atom is 0.354 e. The number of allylic oxidation sites excluding steroid dienone is 1. The molecular formula is C67H74N14O15. The lowest BCUT2D eigenvalue weighted by Gasteiger charge is -2.19. The number of benzene rings is 2. The van der Waals surface area contributed by atoms with E-state index in [4.69, 9.17) is 34.7 Å². The number of aromatic nitrogens is 8. The number of nitrogens with zero attached hydrogens (tertiary/aromatic N) is 5. The first-order valence-corrected chi connectivity index (χ1v) is 30.9. The molecule has 0 saturated heterocycles. The van der Waals surface area contributed by atoms with Crippen LogP contribution >= 0.6 is 0 Å². The lowest BCUT2D eigenvalue weighted by atomic mass is 9.84. The molecule has 7 aromatic rings. The molecule has 4 atom stereocenters. The van der Waals surface area contributed by atoms with Crippen LogP contribution in [0.1, 0.15) is 118 Å². The molecule has 13 N–H and O–H groups in total. The lowest BCUT2D eigenvalue weighted by Crippen LogP contribution is -2.44. The molecule has 3 amide bonds. The molecule has 8 bridgehead atoms. The number of ether oxygens (including phenoxy) is 3.